The molecule has 1 aromatic heterocycles. The second kappa shape index (κ2) is 10.1. The van der Waals surface area contributed by atoms with E-state index in [2.05, 4.69) is 50.2 Å². The number of fused-ring (bicyclic) bond motifs is 1. The lowest BCUT2D eigenvalue weighted by atomic mass is 9.91. The van der Waals surface area contributed by atoms with Gasteiger partial charge in [-0.05, 0) is 55.9 Å². The average molecular weight is 447 g/mol. The van der Waals surface area contributed by atoms with Crippen molar-refractivity contribution in [2.75, 3.05) is 24.3 Å². The van der Waals surface area contributed by atoms with Gasteiger partial charge in [0.25, 0.3) is 0 Å². The number of aryl methyl sites for hydroxylation is 1. The van der Waals surface area contributed by atoms with Crippen molar-refractivity contribution in [2.45, 2.75) is 57.7 Å². The molecule has 2 aromatic carbocycles. The maximum atomic E-state index is 12.7. The van der Waals surface area contributed by atoms with Gasteiger partial charge in [0, 0.05) is 32.2 Å². The number of urea groups is 1. The monoisotopic (exact) mass is 446 g/mol. The smallest absolute Gasteiger partial charge is 0.315 e. The number of carbonyl (C=O) groups excluding carboxylic acids is 1. The van der Waals surface area contributed by atoms with Crippen LogP contribution in [0.1, 0.15) is 50.0 Å². The van der Waals surface area contributed by atoms with Gasteiger partial charge < -0.3 is 20.9 Å². The van der Waals surface area contributed by atoms with Crippen molar-refractivity contribution in [1.82, 2.24) is 20.6 Å². The predicted octanol–water partition coefficient (Wildman–Crippen LogP) is 4.79. The summed E-state index contributed by atoms with van der Waals surface area (Å²) in [6, 6.07) is 16.9. The summed E-state index contributed by atoms with van der Waals surface area (Å²) in [4.78, 5) is 23.7. The molecule has 1 unspecified atom stereocenters. The van der Waals surface area contributed by atoms with Crippen LogP contribution in [0.3, 0.4) is 0 Å². The summed E-state index contributed by atoms with van der Waals surface area (Å²) in [6.07, 6.45) is 3.87. The number of hydrogen-bond acceptors (Lipinski definition) is 5. The van der Waals surface area contributed by atoms with E-state index in [0.29, 0.717) is 6.04 Å². The highest BCUT2D eigenvalue weighted by atomic mass is 16.2. The van der Waals surface area contributed by atoms with E-state index in [9.17, 15) is 4.79 Å². The Morgan fingerprint density at radius 1 is 1.00 bits per heavy atom. The van der Waals surface area contributed by atoms with Crippen molar-refractivity contribution in [3.63, 3.8) is 0 Å². The molecular formula is C26H34N6O. The first-order chi connectivity index (χ1) is 15.9. The van der Waals surface area contributed by atoms with E-state index < -0.39 is 0 Å². The summed E-state index contributed by atoms with van der Waals surface area (Å²) >= 11 is 0. The molecule has 0 saturated heterocycles. The Balaban J connectivity index is 1.28. The zero-order valence-corrected chi connectivity index (χ0v) is 19.9. The SMILES string of the molecule is Cc1nc(NC2CCC(NC(=O)NC(C)c3cccc4ccccc34)CC2)cc(N(C)C)n1. The summed E-state index contributed by atoms with van der Waals surface area (Å²) in [5.41, 5.74) is 1.13. The van der Waals surface area contributed by atoms with E-state index >= 15 is 0 Å². The van der Waals surface area contributed by atoms with Gasteiger partial charge in [0.2, 0.25) is 0 Å². The van der Waals surface area contributed by atoms with Crippen LogP contribution < -0.4 is 20.9 Å². The quantitative estimate of drug-likeness (QED) is 0.507. The van der Waals surface area contributed by atoms with Crippen molar-refractivity contribution in [3.8, 4) is 0 Å². The number of nitrogens with zero attached hydrogens (tertiary/aromatic N) is 3. The summed E-state index contributed by atoms with van der Waals surface area (Å²) in [6.45, 7) is 3.95. The van der Waals surface area contributed by atoms with Crippen LogP contribution in [0.4, 0.5) is 16.4 Å². The second-order valence-electron chi connectivity index (χ2n) is 9.15. The maximum absolute atomic E-state index is 12.7. The van der Waals surface area contributed by atoms with Crippen molar-refractivity contribution < 1.29 is 4.79 Å². The first-order valence-electron chi connectivity index (χ1n) is 11.7. The van der Waals surface area contributed by atoms with Crippen LogP contribution in [0, 0.1) is 6.92 Å². The highest BCUT2D eigenvalue weighted by molar-refractivity contribution is 5.86. The molecule has 1 saturated carbocycles. The number of benzene rings is 2. The number of anilines is 2. The first-order valence-corrected chi connectivity index (χ1v) is 11.7. The number of hydrogen-bond donors (Lipinski definition) is 3. The van der Waals surface area contributed by atoms with Crippen molar-refractivity contribution >= 4 is 28.4 Å². The lowest BCUT2D eigenvalue weighted by Gasteiger charge is -2.30. The van der Waals surface area contributed by atoms with Crippen molar-refractivity contribution in [3.05, 3.63) is 59.9 Å². The first kappa shape index (κ1) is 22.8. The van der Waals surface area contributed by atoms with Crippen LogP contribution in [-0.4, -0.2) is 42.2 Å². The lowest BCUT2D eigenvalue weighted by molar-refractivity contribution is 0.229. The van der Waals surface area contributed by atoms with Gasteiger partial charge in [0.15, 0.2) is 0 Å². The van der Waals surface area contributed by atoms with Crippen LogP contribution in [0.25, 0.3) is 10.8 Å². The van der Waals surface area contributed by atoms with Crippen LogP contribution in [0.15, 0.2) is 48.5 Å². The number of amides is 2. The molecule has 1 fully saturated rings. The summed E-state index contributed by atoms with van der Waals surface area (Å²) in [7, 11) is 3.96. The molecule has 1 aliphatic rings. The standard InChI is InChI=1S/C26H34N6O/c1-17(22-11-7-9-19-8-5-6-10-23(19)22)27-26(33)31-21-14-12-20(13-15-21)30-24-16-25(32(3)4)29-18(2)28-24/h5-11,16-17,20-21H,12-15H2,1-4H3,(H2,27,31,33)(H,28,29,30). The molecule has 2 amide bonds. The molecule has 7 nitrogen and oxygen atoms in total. The lowest BCUT2D eigenvalue weighted by Crippen LogP contribution is -2.45. The Hall–Kier alpha value is -3.35. The fourth-order valence-corrected chi connectivity index (χ4v) is 4.58. The number of aromatic nitrogens is 2. The number of carbonyl (C=O) groups is 1. The molecule has 0 radical (unpaired) electrons. The third-order valence-electron chi connectivity index (χ3n) is 6.33. The van der Waals surface area contributed by atoms with E-state index in [0.717, 1.165) is 48.7 Å². The normalized spacial score (nSPS) is 19.0. The highest BCUT2D eigenvalue weighted by Crippen LogP contribution is 2.25. The van der Waals surface area contributed by atoms with Gasteiger partial charge in [0.05, 0.1) is 6.04 Å². The fourth-order valence-electron chi connectivity index (χ4n) is 4.58. The molecule has 1 atom stereocenters. The van der Waals surface area contributed by atoms with Gasteiger partial charge in [-0.1, -0.05) is 42.5 Å². The zero-order chi connectivity index (χ0) is 23.4. The van der Waals surface area contributed by atoms with Gasteiger partial charge >= 0.3 is 6.03 Å². The minimum absolute atomic E-state index is 0.0685. The second-order valence-corrected chi connectivity index (χ2v) is 9.15. The van der Waals surface area contributed by atoms with Gasteiger partial charge in [-0.25, -0.2) is 14.8 Å². The molecule has 7 heteroatoms. The van der Waals surface area contributed by atoms with E-state index in [1.54, 1.807) is 0 Å². The molecule has 3 N–H and O–H groups in total. The topological polar surface area (TPSA) is 82.2 Å². The molecule has 0 spiro atoms. The summed E-state index contributed by atoms with van der Waals surface area (Å²) in [5.74, 6) is 2.53. The third kappa shape index (κ3) is 5.72. The van der Waals surface area contributed by atoms with Gasteiger partial charge in [-0.2, -0.15) is 0 Å². The fraction of sp³-hybridized carbons (Fsp3) is 0.423. The molecule has 0 bridgehead atoms. The maximum Gasteiger partial charge on any atom is 0.315 e. The molecule has 4 rings (SSSR count). The van der Waals surface area contributed by atoms with E-state index in [1.807, 2.05) is 57.1 Å². The minimum Gasteiger partial charge on any atom is -0.367 e. The van der Waals surface area contributed by atoms with Crippen LogP contribution in [-0.2, 0) is 0 Å². The van der Waals surface area contributed by atoms with Crippen LogP contribution in [0.5, 0.6) is 0 Å². The number of rotatable bonds is 6. The Bertz CT molecular complexity index is 1100. The summed E-state index contributed by atoms with van der Waals surface area (Å²) in [5, 5.41) is 12.2. The van der Waals surface area contributed by atoms with Crippen molar-refractivity contribution in [2.24, 2.45) is 0 Å². The molecule has 174 valence electrons. The Morgan fingerprint density at radius 2 is 1.70 bits per heavy atom. The molecule has 1 aliphatic carbocycles. The van der Waals surface area contributed by atoms with Crippen LogP contribution in [0.2, 0.25) is 0 Å². The van der Waals surface area contributed by atoms with Crippen LogP contribution >= 0.6 is 0 Å². The minimum atomic E-state index is -0.103. The van der Waals surface area contributed by atoms with Crippen molar-refractivity contribution in [1.29, 1.82) is 0 Å². The largest absolute Gasteiger partial charge is 0.367 e. The molecular weight excluding hydrogens is 412 g/mol. The molecule has 3 aromatic rings. The average Bonchev–Trinajstić information content (AvgIpc) is 2.79. The predicted molar refractivity (Wildman–Crippen MR) is 135 cm³/mol. The summed E-state index contributed by atoms with van der Waals surface area (Å²) < 4.78 is 0. The highest BCUT2D eigenvalue weighted by Gasteiger charge is 2.23. The van der Waals surface area contributed by atoms with E-state index in [-0.39, 0.29) is 18.1 Å². The van der Waals surface area contributed by atoms with E-state index in [1.165, 1.54) is 10.8 Å². The molecule has 1 heterocycles. The van der Waals surface area contributed by atoms with Gasteiger partial charge in [0.1, 0.15) is 17.5 Å². The number of nitrogens with one attached hydrogen (secondary N) is 3. The molecule has 0 aliphatic heterocycles. The molecule has 33 heavy (non-hydrogen) atoms. The zero-order valence-electron chi connectivity index (χ0n) is 19.9. The van der Waals surface area contributed by atoms with Gasteiger partial charge in [-0.3, -0.25) is 0 Å². The van der Waals surface area contributed by atoms with Gasteiger partial charge in [-0.15, -0.1) is 0 Å². The van der Waals surface area contributed by atoms with E-state index in [4.69, 9.17) is 0 Å². The Labute approximate surface area is 196 Å². The Kier molecular flexibility index (Phi) is 6.96. The Morgan fingerprint density at radius 3 is 2.45 bits per heavy atom. The third-order valence-corrected chi connectivity index (χ3v) is 6.33.